The van der Waals surface area contributed by atoms with Crippen LogP contribution in [-0.4, -0.2) is 27.8 Å². The van der Waals surface area contributed by atoms with Gasteiger partial charge in [-0.15, -0.1) is 0 Å². The van der Waals surface area contributed by atoms with Crippen LogP contribution in [0.5, 0.6) is 11.5 Å². The number of allylic oxidation sites excluding steroid dienone is 3. The zero-order chi connectivity index (χ0) is 25.5. The van der Waals surface area contributed by atoms with E-state index in [2.05, 4.69) is 21.7 Å². The van der Waals surface area contributed by atoms with Gasteiger partial charge in [-0.25, -0.2) is 10.1 Å². The Morgan fingerprint density at radius 2 is 1.89 bits per heavy atom. The summed E-state index contributed by atoms with van der Waals surface area (Å²) in [5.41, 5.74) is 13.2. The van der Waals surface area contributed by atoms with Gasteiger partial charge in [0.25, 0.3) is 5.56 Å². The average molecular weight is 495 g/mol. The second kappa shape index (κ2) is 8.87. The van der Waals surface area contributed by atoms with Crippen LogP contribution in [0, 0.1) is 11.3 Å². The zero-order valence-electron chi connectivity index (χ0n) is 19.7. The van der Waals surface area contributed by atoms with Crippen LogP contribution in [0.3, 0.4) is 0 Å². The molecule has 0 bridgehead atoms. The number of anilines is 1. The molecular formula is C27H22N6O4. The summed E-state index contributed by atoms with van der Waals surface area (Å²) < 4.78 is 11.0. The predicted molar refractivity (Wildman–Crippen MR) is 134 cm³/mol. The van der Waals surface area contributed by atoms with E-state index >= 15 is 0 Å². The molecule has 37 heavy (non-hydrogen) atoms. The van der Waals surface area contributed by atoms with Crippen LogP contribution in [0.2, 0.25) is 0 Å². The number of carbonyl (C=O) groups excluding carboxylic acids is 1. The number of nitriles is 1. The number of rotatable bonds is 4. The van der Waals surface area contributed by atoms with Gasteiger partial charge < -0.3 is 15.2 Å². The Hall–Kier alpha value is -5.04. The van der Waals surface area contributed by atoms with E-state index in [-0.39, 0.29) is 24.0 Å². The smallest absolute Gasteiger partial charge is 0.266 e. The quantitative estimate of drug-likeness (QED) is 0.497. The fourth-order valence-corrected chi connectivity index (χ4v) is 5.06. The third kappa shape index (κ3) is 3.77. The first kappa shape index (κ1) is 22.4. The standard InChI is InChI=1S/C27H22N6O4/c28-13-17-24(16-9-10-21-22(11-16)37-14-36-21)25-19(7-4-8-20(25)34)33(27(17)29)32-18-12-23(35)30-31-26(18)15-5-2-1-3-6-15/h1-3,5-6,9-12,24H,4,7-8,14,29H2,(H2,30,32,35)/t24-/m0/s1. The highest BCUT2D eigenvalue weighted by molar-refractivity contribution is 6.00. The van der Waals surface area contributed by atoms with Crippen LogP contribution in [0.1, 0.15) is 30.7 Å². The highest BCUT2D eigenvalue weighted by Crippen LogP contribution is 2.46. The number of nitrogens with one attached hydrogen (secondary N) is 2. The summed E-state index contributed by atoms with van der Waals surface area (Å²) in [6.07, 6.45) is 1.57. The van der Waals surface area contributed by atoms with Crippen molar-refractivity contribution in [3.63, 3.8) is 0 Å². The highest BCUT2D eigenvalue weighted by Gasteiger charge is 2.40. The minimum atomic E-state index is -0.647. The summed E-state index contributed by atoms with van der Waals surface area (Å²) in [7, 11) is 0. The number of H-pyrrole nitrogens is 1. The van der Waals surface area contributed by atoms with Crippen molar-refractivity contribution in [2.45, 2.75) is 25.2 Å². The number of hydrazine groups is 1. The second-order valence-corrected chi connectivity index (χ2v) is 8.90. The number of hydrogen-bond donors (Lipinski definition) is 3. The number of aromatic amines is 1. The van der Waals surface area contributed by atoms with Crippen LogP contribution in [0.15, 0.2) is 82.1 Å². The zero-order valence-corrected chi connectivity index (χ0v) is 19.7. The Morgan fingerprint density at radius 3 is 2.70 bits per heavy atom. The predicted octanol–water partition coefficient (Wildman–Crippen LogP) is 3.29. The van der Waals surface area contributed by atoms with Crippen LogP contribution in [-0.2, 0) is 4.79 Å². The largest absolute Gasteiger partial charge is 0.454 e. The number of benzene rings is 2. The molecule has 0 radical (unpaired) electrons. The SMILES string of the molecule is N#CC1=C(N)N(Nc2cc(=O)[nH]nc2-c2ccccc2)C2=C(C(=O)CCC2)[C@H]1c1ccc2c(c1)OCO2. The third-order valence-corrected chi connectivity index (χ3v) is 6.73. The molecule has 3 aromatic rings. The summed E-state index contributed by atoms with van der Waals surface area (Å²) >= 11 is 0. The van der Waals surface area contributed by atoms with E-state index in [1.165, 1.54) is 6.07 Å². The van der Waals surface area contributed by atoms with Crippen molar-refractivity contribution in [2.75, 3.05) is 12.2 Å². The number of carbonyl (C=O) groups is 1. The van der Waals surface area contributed by atoms with Crippen molar-refractivity contribution >= 4 is 11.5 Å². The lowest BCUT2D eigenvalue weighted by atomic mass is 9.76. The van der Waals surface area contributed by atoms with Crippen molar-refractivity contribution in [3.8, 4) is 28.8 Å². The lowest BCUT2D eigenvalue weighted by molar-refractivity contribution is -0.116. The Kier molecular flexibility index (Phi) is 5.38. The molecule has 10 nitrogen and oxygen atoms in total. The van der Waals surface area contributed by atoms with Crippen molar-refractivity contribution in [3.05, 3.63) is 93.2 Å². The highest BCUT2D eigenvalue weighted by atomic mass is 16.7. The molecular weight excluding hydrogens is 472 g/mol. The number of hydrogen-bond acceptors (Lipinski definition) is 9. The fraction of sp³-hybridized carbons (Fsp3) is 0.185. The summed E-state index contributed by atoms with van der Waals surface area (Å²) in [5.74, 6) is 0.617. The van der Waals surface area contributed by atoms with E-state index in [9.17, 15) is 14.9 Å². The molecule has 0 saturated carbocycles. The summed E-state index contributed by atoms with van der Waals surface area (Å²) in [6, 6.07) is 18.3. The van der Waals surface area contributed by atoms with Gasteiger partial charge in [0.1, 0.15) is 11.5 Å². The molecule has 0 fully saturated rings. The maximum absolute atomic E-state index is 13.3. The molecule has 184 valence electrons. The molecule has 10 heteroatoms. The van der Waals surface area contributed by atoms with Crippen LogP contribution in [0.4, 0.5) is 5.69 Å². The number of Topliss-reactive ketones (excluding diaryl/α,β-unsaturated/α-hetero) is 1. The van der Waals surface area contributed by atoms with E-state index in [0.717, 1.165) is 5.56 Å². The first-order chi connectivity index (χ1) is 18.0. The van der Waals surface area contributed by atoms with Gasteiger partial charge in [-0.05, 0) is 30.5 Å². The van der Waals surface area contributed by atoms with Gasteiger partial charge in [0.2, 0.25) is 6.79 Å². The molecule has 0 unspecified atom stereocenters. The first-order valence-corrected chi connectivity index (χ1v) is 11.8. The molecule has 0 saturated heterocycles. The minimum absolute atomic E-state index is 0.0525. The van der Waals surface area contributed by atoms with Gasteiger partial charge in [-0.3, -0.25) is 15.0 Å². The van der Waals surface area contributed by atoms with E-state index in [4.69, 9.17) is 15.2 Å². The normalized spacial score (nSPS) is 18.5. The van der Waals surface area contributed by atoms with Crippen LogP contribution >= 0.6 is 0 Å². The number of nitrogens with two attached hydrogens (primary N) is 1. The van der Waals surface area contributed by atoms with Gasteiger partial charge in [-0.2, -0.15) is 10.4 Å². The van der Waals surface area contributed by atoms with E-state index < -0.39 is 11.5 Å². The van der Waals surface area contributed by atoms with Crippen molar-refractivity contribution in [2.24, 2.45) is 5.73 Å². The first-order valence-electron chi connectivity index (χ1n) is 11.8. The molecule has 0 amide bonds. The Labute approximate surface area is 211 Å². The number of fused-ring (bicyclic) bond motifs is 1. The van der Waals surface area contributed by atoms with Crippen LogP contribution in [0.25, 0.3) is 11.3 Å². The van der Waals surface area contributed by atoms with Crippen molar-refractivity contribution in [1.82, 2.24) is 15.2 Å². The fourth-order valence-electron chi connectivity index (χ4n) is 5.06. The lowest BCUT2D eigenvalue weighted by Crippen LogP contribution is -2.42. The minimum Gasteiger partial charge on any atom is -0.454 e. The maximum atomic E-state index is 13.3. The molecule has 4 N–H and O–H groups in total. The van der Waals surface area contributed by atoms with E-state index in [1.54, 1.807) is 17.1 Å². The lowest BCUT2D eigenvalue weighted by Gasteiger charge is -2.40. The summed E-state index contributed by atoms with van der Waals surface area (Å²) in [5, 5.41) is 18.5. The Balaban J connectivity index is 1.49. The maximum Gasteiger partial charge on any atom is 0.266 e. The molecule has 3 aliphatic rings. The molecule has 1 aliphatic carbocycles. The van der Waals surface area contributed by atoms with Gasteiger partial charge >= 0.3 is 0 Å². The van der Waals surface area contributed by atoms with Gasteiger partial charge in [0.05, 0.1) is 23.2 Å². The molecule has 0 spiro atoms. The van der Waals surface area contributed by atoms with Gasteiger partial charge in [0, 0.05) is 29.3 Å². The van der Waals surface area contributed by atoms with Crippen molar-refractivity contribution in [1.29, 1.82) is 5.26 Å². The number of aromatic nitrogens is 2. The van der Waals surface area contributed by atoms with Gasteiger partial charge in [0.15, 0.2) is 17.3 Å². The molecule has 6 rings (SSSR count). The number of nitrogens with zero attached hydrogens (tertiary/aromatic N) is 3. The third-order valence-electron chi connectivity index (χ3n) is 6.73. The molecule has 1 atom stereocenters. The number of ether oxygens (including phenoxy) is 2. The molecule has 3 heterocycles. The van der Waals surface area contributed by atoms with E-state index in [0.29, 0.717) is 59.0 Å². The molecule has 2 aromatic carbocycles. The second-order valence-electron chi connectivity index (χ2n) is 8.90. The number of ketones is 1. The van der Waals surface area contributed by atoms with E-state index in [1.807, 2.05) is 36.4 Å². The molecule has 1 aromatic heterocycles. The summed E-state index contributed by atoms with van der Waals surface area (Å²) in [4.78, 5) is 25.6. The topological polar surface area (TPSA) is 146 Å². The monoisotopic (exact) mass is 494 g/mol. The van der Waals surface area contributed by atoms with Gasteiger partial charge in [-0.1, -0.05) is 36.4 Å². The molecule has 2 aliphatic heterocycles. The Morgan fingerprint density at radius 1 is 1.08 bits per heavy atom. The van der Waals surface area contributed by atoms with Crippen LogP contribution < -0.4 is 26.2 Å². The average Bonchev–Trinajstić information content (AvgIpc) is 3.39. The van der Waals surface area contributed by atoms with Crippen molar-refractivity contribution < 1.29 is 14.3 Å². The Bertz CT molecular complexity index is 1580. The summed E-state index contributed by atoms with van der Waals surface area (Å²) in [6.45, 7) is 0.116.